The van der Waals surface area contributed by atoms with Gasteiger partial charge in [0.15, 0.2) is 5.78 Å². The number of halogens is 1. The lowest BCUT2D eigenvalue weighted by Gasteiger charge is -2.26. The smallest absolute Gasteiger partial charge is 0.232 e. The van der Waals surface area contributed by atoms with Crippen LogP contribution in [0.4, 0.5) is 5.69 Å². The molecule has 0 saturated carbocycles. The second-order valence-electron chi connectivity index (χ2n) is 8.96. The molecule has 0 unspecified atom stereocenters. The molecule has 10 heteroatoms. The van der Waals surface area contributed by atoms with E-state index in [0.29, 0.717) is 17.8 Å². The third kappa shape index (κ3) is 4.88. The molecule has 174 valence electrons. The van der Waals surface area contributed by atoms with E-state index in [0.717, 1.165) is 21.8 Å². The van der Waals surface area contributed by atoms with Crippen LogP contribution >= 0.6 is 12.4 Å². The molecule has 1 aromatic carbocycles. The lowest BCUT2D eigenvalue weighted by molar-refractivity contribution is 0.0962. The Labute approximate surface area is 195 Å². The minimum Gasteiger partial charge on any atom is -0.505 e. The second kappa shape index (κ2) is 8.71. The minimum absolute atomic E-state index is 0. The van der Waals surface area contributed by atoms with Gasteiger partial charge in [-0.3, -0.25) is 14.5 Å². The highest BCUT2D eigenvalue weighted by Crippen LogP contribution is 2.39. The van der Waals surface area contributed by atoms with Crippen LogP contribution in [0, 0.1) is 12.3 Å². The maximum Gasteiger partial charge on any atom is 0.232 e. The number of rotatable bonds is 5. The summed E-state index contributed by atoms with van der Waals surface area (Å²) < 4.78 is 25.1. The number of hydrogen-bond acceptors (Lipinski definition) is 6. The topological polar surface area (TPSA) is 115 Å². The molecule has 2 aromatic rings. The molecule has 0 amide bonds. The summed E-state index contributed by atoms with van der Waals surface area (Å²) in [6.45, 7) is 7.84. The number of sulfonamides is 1. The van der Waals surface area contributed by atoms with Gasteiger partial charge in [0.2, 0.25) is 10.0 Å². The zero-order valence-corrected chi connectivity index (χ0v) is 20.7. The normalized spacial score (nSPS) is 13.6. The highest BCUT2D eigenvalue weighted by Gasteiger charge is 2.30. The molecule has 2 heterocycles. The summed E-state index contributed by atoms with van der Waals surface area (Å²) in [4.78, 5) is 19.2. The minimum atomic E-state index is -3.65. The first-order chi connectivity index (χ1) is 14.2. The predicted molar refractivity (Wildman–Crippen MR) is 128 cm³/mol. The third-order valence-electron chi connectivity index (χ3n) is 5.41. The average Bonchev–Trinajstić information content (AvgIpc) is 2.95. The maximum absolute atomic E-state index is 13.2. The number of aromatic hydroxyl groups is 1. The van der Waals surface area contributed by atoms with E-state index in [1.54, 1.807) is 11.0 Å². The van der Waals surface area contributed by atoms with E-state index < -0.39 is 15.4 Å². The number of phenolic OH excluding ortho intramolecular Hbond substituents is 1. The van der Waals surface area contributed by atoms with Crippen LogP contribution in [0.25, 0.3) is 0 Å². The van der Waals surface area contributed by atoms with Gasteiger partial charge >= 0.3 is 0 Å². The molecule has 2 N–H and O–H groups in total. The Morgan fingerprint density at radius 1 is 1.28 bits per heavy atom. The van der Waals surface area contributed by atoms with Crippen molar-refractivity contribution in [3.05, 3.63) is 52.3 Å². The van der Waals surface area contributed by atoms with E-state index in [1.807, 2.05) is 39.8 Å². The molecular weight excluding hydrogens is 452 g/mol. The Bertz CT molecular complexity index is 1190. The lowest BCUT2D eigenvalue weighted by atomic mass is 9.84. The summed E-state index contributed by atoms with van der Waals surface area (Å²) in [6, 6.07) is 6.78. The first kappa shape index (κ1) is 25.6. The molecule has 0 saturated heterocycles. The Kier molecular flexibility index (Phi) is 6.97. The lowest BCUT2D eigenvalue weighted by Crippen LogP contribution is -2.31. The van der Waals surface area contributed by atoms with Crippen LogP contribution in [0.5, 0.6) is 5.75 Å². The highest BCUT2D eigenvalue weighted by molar-refractivity contribution is 7.92. The van der Waals surface area contributed by atoms with Gasteiger partial charge in [0.05, 0.1) is 18.5 Å². The van der Waals surface area contributed by atoms with Crippen LogP contribution in [0.1, 0.15) is 53.6 Å². The van der Waals surface area contributed by atoms with Gasteiger partial charge in [-0.1, -0.05) is 26.8 Å². The first-order valence-electron chi connectivity index (χ1n) is 9.85. The summed E-state index contributed by atoms with van der Waals surface area (Å²) in [5.41, 5.74) is 2.55. The van der Waals surface area contributed by atoms with Gasteiger partial charge < -0.3 is 10.0 Å². The Balaban J connectivity index is 0.00000363. The molecule has 1 aromatic heterocycles. The van der Waals surface area contributed by atoms with Crippen molar-refractivity contribution < 1.29 is 18.3 Å². The maximum atomic E-state index is 13.2. The summed E-state index contributed by atoms with van der Waals surface area (Å²) in [6.07, 6.45) is 1.04. The molecule has 1 aliphatic rings. The van der Waals surface area contributed by atoms with Gasteiger partial charge in [-0.05, 0) is 30.5 Å². The molecule has 8 nitrogen and oxygen atoms in total. The van der Waals surface area contributed by atoms with Crippen LogP contribution in [0.15, 0.2) is 24.3 Å². The van der Waals surface area contributed by atoms with E-state index in [-0.39, 0.29) is 47.6 Å². The van der Waals surface area contributed by atoms with Crippen molar-refractivity contribution in [2.24, 2.45) is 0 Å². The number of aryl methyl sites for hydroxylation is 1. The van der Waals surface area contributed by atoms with Crippen molar-refractivity contribution in [1.82, 2.24) is 9.88 Å². The largest absolute Gasteiger partial charge is 0.505 e. The fourth-order valence-electron chi connectivity index (χ4n) is 3.52. The van der Waals surface area contributed by atoms with Gasteiger partial charge in [-0.15, -0.1) is 12.4 Å². The van der Waals surface area contributed by atoms with E-state index in [2.05, 4.69) is 4.98 Å². The fourth-order valence-corrected chi connectivity index (χ4v) is 4.02. The van der Waals surface area contributed by atoms with Crippen LogP contribution in [-0.4, -0.2) is 54.9 Å². The Hall–Kier alpha value is -2.65. The molecule has 0 radical (unpaired) electrons. The molecule has 32 heavy (non-hydrogen) atoms. The Morgan fingerprint density at radius 2 is 1.91 bits per heavy atom. The number of amidine groups is 1. The molecule has 1 aliphatic heterocycles. The monoisotopic (exact) mass is 480 g/mol. The molecule has 3 rings (SSSR count). The molecule has 0 spiro atoms. The number of fused-ring (bicyclic) bond motifs is 1. The summed E-state index contributed by atoms with van der Waals surface area (Å²) >= 11 is 0. The number of benzene rings is 1. The fraction of sp³-hybridized carbons (Fsp3) is 0.409. The van der Waals surface area contributed by atoms with Crippen molar-refractivity contribution in [3.63, 3.8) is 0 Å². The number of carbonyl (C=O) groups excluding carboxylic acids is 1. The first-order valence-corrected chi connectivity index (χ1v) is 11.7. The number of anilines is 1. The van der Waals surface area contributed by atoms with Crippen LogP contribution < -0.4 is 4.31 Å². The molecular formula is C22H29ClN4O4S. The number of aromatic nitrogens is 1. The summed E-state index contributed by atoms with van der Waals surface area (Å²) in [5, 5.41) is 19.2. The van der Waals surface area contributed by atoms with Crippen LogP contribution in [0.2, 0.25) is 0 Å². The summed E-state index contributed by atoms with van der Waals surface area (Å²) in [7, 11) is -2.31. The average molecular weight is 481 g/mol. The zero-order valence-electron chi connectivity index (χ0n) is 19.1. The van der Waals surface area contributed by atoms with E-state index >= 15 is 0 Å². The van der Waals surface area contributed by atoms with Gasteiger partial charge in [0.25, 0.3) is 0 Å². The standard InChI is InChI=1S/C22H28N4O4S.ClH/c1-13-7-8-14-11-26(21(23)19(14)24-13)12-18(27)15-9-16(22(2,3)4)20(28)17(10-15)25(5)31(6,29)30;/h7-10,23,28H,11-12H2,1-6H3;1H. The molecule has 0 atom stereocenters. The van der Waals surface area contributed by atoms with Crippen molar-refractivity contribution in [2.75, 3.05) is 24.2 Å². The number of hydrogen-bond donors (Lipinski definition) is 2. The van der Waals surface area contributed by atoms with E-state index in [4.69, 9.17) is 5.41 Å². The third-order valence-corrected chi connectivity index (χ3v) is 6.60. The number of nitrogens with one attached hydrogen (secondary N) is 1. The highest BCUT2D eigenvalue weighted by atomic mass is 35.5. The quantitative estimate of drug-likeness (QED) is 0.635. The SMILES string of the molecule is Cc1ccc2c(n1)C(=N)N(CC(=O)c1cc(N(C)S(C)(=O)=O)c(O)c(C(C)(C)C)c1)C2.Cl. The number of nitrogens with zero attached hydrogens (tertiary/aromatic N) is 3. The van der Waals surface area contributed by atoms with Gasteiger partial charge in [-0.2, -0.15) is 0 Å². The van der Waals surface area contributed by atoms with E-state index in [9.17, 15) is 18.3 Å². The predicted octanol–water partition coefficient (Wildman–Crippen LogP) is 3.23. The molecule has 0 fully saturated rings. The van der Waals surface area contributed by atoms with Crippen LogP contribution in [0.3, 0.4) is 0 Å². The number of pyridine rings is 1. The molecule has 0 bridgehead atoms. The van der Waals surface area contributed by atoms with Crippen molar-refractivity contribution >= 4 is 39.7 Å². The number of ketones is 1. The summed E-state index contributed by atoms with van der Waals surface area (Å²) in [5.74, 6) is -0.253. The number of carbonyl (C=O) groups is 1. The van der Waals surface area contributed by atoms with Crippen molar-refractivity contribution in [1.29, 1.82) is 5.41 Å². The number of phenols is 1. The van der Waals surface area contributed by atoms with Crippen LogP contribution in [-0.2, 0) is 22.0 Å². The van der Waals surface area contributed by atoms with Gasteiger partial charge in [0.1, 0.15) is 17.3 Å². The van der Waals surface area contributed by atoms with Crippen molar-refractivity contribution in [2.45, 2.75) is 39.7 Å². The Morgan fingerprint density at radius 3 is 2.47 bits per heavy atom. The zero-order chi connectivity index (χ0) is 23.3. The second-order valence-corrected chi connectivity index (χ2v) is 11.0. The number of Topliss-reactive ketones (excluding diaryl/α,β-unsaturated/α-hetero) is 1. The van der Waals surface area contributed by atoms with Crippen molar-refractivity contribution in [3.8, 4) is 5.75 Å². The van der Waals surface area contributed by atoms with Gasteiger partial charge in [0, 0.05) is 36.0 Å². The van der Waals surface area contributed by atoms with Gasteiger partial charge in [-0.25, -0.2) is 13.4 Å². The molecule has 0 aliphatic carbocycles. The van der Waals surface area contributed by atoms with E-state index in [1.165, 1.54) is 13.1 Å².